The highest BCUT2D eigenvalue weighted by Gasteiger charge is 2.11. The van der Waals surface area contributed by atoms with E-state index in [0.717, 1.165) is 0 Å². The minimum Gasteiger partial charge on any atom is -0.484 e. The maximum Gasteiger partial charge on any atom is 0.276 e. The lowest BCUT2D eigenvalue weighted by Gasteiger charge is -2.11. The van der Waals surface area contributed by atoms with Gasteiger partial charge in [0, 0.05) is 0 Å². The number of nitrogens with one attached hydrogen (secondary N) is 1. The first kappa shape index (κ1) is 16.4. The number of benzene rings is 1. The van der Waals surface area contributed by atoms with E-state index in [1.54, 1.807) is 11.6 Å². The molecule has 1 aromatic heterocycles. The molecule has 1 aromatic carbocycles. The molecule has 2 aromatic rings. The Labute approximate surface area is 134 Å². The Morgan fingerprint density at radius 1 is 1.32 bits per heavy atom. The van der Waals surface area contributed by atoms with Crippen molar-refractivity contribution in [3.63, 3.8) is 0 Å². The molecular formula is C15H20N4O2S. The molecule has 0 saturated carbocycles. The average molecular weight is 320 g/mol. The highest BCUT2D eigenvalue weighted by molar-refractivity contribution is 7.98. The zero-order valence-electron chi connectivity index (χ0n) is 13.2. The molecule has 0 saturated heterocycles. The SMILES string of the molecule is CSc1nnc(C)n1NC(=O)COc1ccc(C(C)C)cc1. The number of amides is 1. The third-order valence-electron chi connectivity index (χ3n) is 3.13. The first-order chi connectivity index (χ1) is 10.5. The number of carbonyl (C=O) groups is 1. The second-order valence-corrected chi connectivity index (χ2v) is 5.89. The average Bonchev–Trinajstić information content (AvgIpc) is 2.86. The van der Waals surface area contributed by atoms with Gasteiger partial charge < -0.3 is 4.74 Å². The second-order valence-electron chi connectivity index (χ2n) is 5.12. The summed E-state index contributed by atoms with van der Waals surface area (Å²) >= 11 is 1.41. The Kier molecular flexibility index (Phi) is 5.43. The Bertz CT molecular complexity index is 637. The van der Waals surface area contributed by atoms with Crippen molar-refractivity contribution in [3.8, 4) is 5.75 Å². The quantitative estimate of drug-likeness (QED) is 0.829. The first-order valence-corrected chi connectivity index (χ1v) is 8.22. The molecule has 2 rings (SSSR count). The Morgan fingerprint density at radius 2 is 2.00 bits per heavy atom. The van der Waals surface area contributed by atoms with E-state index in [-0.39, 0.29) is 12.5 Å². The lowest BCUT2D eigenvalue weighted by molar-refractivity contribution is -0.119. The normalized spacial score (nSPS) is 10.8. The van der Waals surface area contributed by atoms with Crippen LogP contribution in [0.5, 0.6) is 5.75 Å². The molecule has 1 heterocycles. The van der Waals surface area contributed by atoms with Gasteiger partial charge in [0.15, 0.2) is 6.61 Å². The number of thioether (sulfide) groups is 1. The minimum atomic E-state index is -0.258. The summed E-state index contributed by atoms with van der Waals surface area (Å²) in [7, 11) is 0. The largest absolute Gasteiger partial charge is 0.484 e. The molecule has 7 heteroatoms. The smallest absolute Gasteiger partial charge is 0.276 e. The van der Waals surface area contributed by atoms with Crippen LogP contribution in [0.2, 0.25) is 0 Å². The molecule has 118 valence electrons. The monoisotopic (exact) mass is 320 g/mol. The summed E-state index contributed by atoms with van der Waals surface area (Å²) in [6.45, 7) is 5.98. The van der Waals surface area contributed by atoms with Crippen LogP contribution in [0.3, 0.4) is 0 Å². The highest BCUT2D eigenvalue weighted by atomic mass is 32.2. The van der Waals surface area contributed by atoms with Crippen LogP contribution in [-0.2, 0) is 4.79 Å². The zero-order chi connectivity index (χ0) is 16.1. The molecule has 0 fully saturated rings. The van der Waals surface area contributed by atoms with Crippen molar-refractivity contribution in [2.24, 2.45) is 0 Å². The fourth-order valence-electron chi connectivity index (χ4n) is 1.86. The predicted octanol–water partition coefficient (Wildman–Crippen LogP) is 2.58. The van der Waals surface area contributed by atoms with Gasteiger partial charge in [-0.25, -0.2) is 4.68 Å². The molecule has 0 spiro atoms. The Balaban J connectivity index is 1.91. The van der Waals surface area contributed by atoms with Crippen LogP contribution < -0.4 is 10.2 Å². The van der Waals surface area contributed by atoms with Gasteiger partial charge in [0.2, 0.25) is 5.16 Å². The van der Waals surface area contributed by atoms with Crippen LogP contribution in [0.15, 0.2) is 29.4 Å². The van der Waals surface area contributed by atoms with Gasteiger partial charge in [0.05, 0.1) is 0 Å². The molecule has 0 aliphatic heterocycles. The number of ether oxygens (including phenoxy) is 1. The maximum atomic E-state index is 12.0. The summed E-state index contributed by atoms with van der Waals surface area (Å²) in [5.41, 5.74) is 3.95. The molecular weight excluding hydrogens is 300 g/mol. The van der Waals surface area contributed by atoms with Gasteiger partial charge in [-0.15, -0.1) is 10.2 Å². The van der Waals surface area contributed by atoms with Crippen LogP contribution in [0, 0.1) is 6.92 Å². The first-order valence-electron chi connectivity index (χ1n) is 7.00. The summed E-state index contributed by atoms with van der Waals surface area (Å²) in [5.74, 6) is 1.51. The Morgan fingerprint density at radius 3 is 2.59 bits per heavy atom. The molecule has 22 heavy (non-hydrogen) atoms. The van der Waals surface area contributed by atoms with Crippen LogP contribution >= 0.6 is 11.8 Å². The lowest BCUT2D eigenvalue weighted by Crippen LogP contribution is -2.29. The van der Waals surface area contributed by atoms with Gasteiger partial charge in [-0.3, -0.25) is 10.2 Å². The minimum absolute atomic E-state index is 0.0630. The third kappa shape index (κ3) is 4.00. The zero-order valence-corrected chi connectivity index (χ0v) is 14.0. The van der Waals surface area contributed by atoms with E-state index < -0.39 is 0 Å². The van der Waals surface area contributed by atoms with Gasteiger partial charge >= 0.3 is 0 Å². The molecule has 0 aliphatic rings. The van der Waals surface area contributed by atoms with Crippen LogP contribution in [0.1, 0.15) is 31.2 Å². The van der Waals surface area contributed by atoms with Crippen molar-refractivity contribution in [1.29, 1.82) is 0 Å². The summed E-state index contributed by atoms with van der Waals surface area (Å²) in [5, 5.41) is 8.51. The molecule has 0 radical (unpaired) electrons. The van der Waals surface area contributed by atoms with E-state index in [1.165, 1.54) is 17.3 Å². The van der Waals surface area contributed by atoms with Crippen molar-refractivity contribution in [3.05, 3.63) is 35.7 Å². The van der Waals surface area contributed by atoms with E-state index in [2.05, 4.69) is 29.5 Å². The predicted molar refractivity (Wildman–Crippen MR) is 86.9 cm³/mol. The third-order valence-corrected chi connectivity index (χ3v) is 3.76. The lowest BCUT2D eigenvalue weighted by atomic mass is 10.0. The summed E-state index contributed by atoms with van der Waals surface area (Å²) < 4.78 is 7.05. The number of hydrogen-bond donors (Lipinski definition) is 1. The highest BCUT2D eigenvalue weighted by Crippen LogP contribution is 2.18. The molecule has 0 bridgehead atoms. The van der Waals surface area contributed by atoms with E-state index in [0.29, 0.717) is 22.6 Å². The fraction of sp³-hybridized carbons (Fsp3) is 0.400. The summed E-state index contributed by atoms with van der Waals surface area (Å²) in [6, 6.07) is 7.77. The molecule has 0 unspecified atom stereocenters. The topological polar surface area (TPSA) is 69.0 Å². The van der Waals surface area contributed by atoms with Gasteiger partial charge in [0.1, 0.15) is 11.6 Å². The molecule has 0 aliphatic carbocycles. The van der Waals surface area contributed by atoms with E-state index in [1.807, 2.05) is 30.5 Å². The number of nitrogens with zero attached hydrogens (tertiary/aromatic N) is 3. The maximum absolute atomic E-state index is 12.0. The molecule has 1 N–H and O–H groups in total. The number of hydrogen-bond acceptors (Lipinski definition) is 5. The number of aryl methyl sites for hydroxylation is 1. The van der Waals surface area contributed by atoms with Crippen molar-refractivity contribution < 1.29 is 9.53 Å². The van der Waals surface area contributed by atoms with Gasteiger partial charge in [0.25, 0.3) is 5.91 Å². The van der Waals surface area contributed by atoms with Crippen molar-refractivity contribution in [2.45, 2.75) is 31.8 Å². The molecule has 1 amide bonds. The second kappa shape index (κ2) is 7.31. The molecule has 0 atom stereocenters. The number of aromatic nitrogens is 3. The molecule has 6 nitrogen and oxygen atoms in total. The van der Waals surface area contributed by atoms with Crippen molar-refractivity contribution >= 4 is 17.7 Å². The number of carbonyl (C=O) groups excluding carboxylic acids is 1. The van der Waals surface area contributed by atoms with Crippen LogP contribution in [-0.4, -0.2) is 33.6 Å². The van der Waals surface area contributed by atoms with E-state index in [4.69, 9.17) is 4.74 Å². The van der Waals surface area contributed by atoms with Crippen LogP contribution in [0.25, 0.3) is 0 Å². The fourth-order valence-corrected chi connectivity index (χ4v) is 2.34. The standard InChI is InChI=1S/C15H20N4O2S/c1-10(2)12-5-7-13(8-6-12)21-9-14(20)18-19-11(3)16-17-15(19)22-4/h5-8,10H,9H2,1-4H3,(H,18,20). The van der Waals surface area contributed by atoms with E-state index >= 15 is 0 Å². The number of rotatable bonds is 6. The Hall–Kier alpha value is -2.02. The summed E-state index contributed by atoms with van der Waals surface area (Å²) in [6.07, 6.45) is 1.87. The van der Waals surface area contributed by atoms with Crippen molar-refractivity contribution in [2.75, 3.05) is 18.3 Å². The van der Waals surface area contributed by atoms with E-state index in [9.17, 15) is 4.79 Å². The van der Waals surface area contributed by atoms with Gasteiger partial charge in [-0.05, 0) is 36.8 Å². The van der Waals surface area contributed by atoms with Crippen molar-refractivity contribution in [1.82, 2.24) is 14.9 Å². The van der Waals surface area contributed by atoms with Gasteiger partial charge in [-0.2, -0.15) is 0 Å². The summed E-state index contributed by atoms with van der Waals surface area (Å²) in [4.78, 5) is 12.0. The van der Waals surface area contributed by atoms with Crippen LogP contribution in [0.4, 0.5) is 0 Å². The van der Waals surface area contributed by atoms with Gasteiger partial charge in [-0.1, -0.05) is 37.7 Å².